The van der Waals surface area contributed by atoms with E-state index in [1.807, 2.05) is 35.2 Å². The Bertz CT molecular complexity index is 1320. The molecule has 3 aromatic rings. The van der Waals surface area contributed by atoms with Gasteiger partial charge in [-0.3, -0.25) is 9.59 Å². The molecule has 37 heavy (non-hydrogen) atoms. The van der Waals surface area contributed by atoms with E-state index in [0.717, 1.165) is 66.2 Å². The Morgan fingerprint density at radius 1 is 0.892 bits per heavy atom. The van der Waals surface area contributed by atoms with Gasteiger partial charge in [-0.05, 0) is 61.6 Å². The fourth-order valence-corrected chi connectivity index (χ4v) is 5.94. The van der Waals surface area contributed by atoms with Crippen LogP contribution in [0, 0.1) is 11.3 Å². The van der Waals surface area contributed by atoms with Crippen LogP contribution < -0.4 is 0 Å². The summed E-state index contributed by atoms with van der Waals surface area (Å²) in [6.45, 7) is 0.651. The molecule has 0 bridgehead atoms. The van der Waals surface area contributed by atoms with Crippen LogP contribution in [0.3, 0.4) is 0 Å². The number of carboxylic acids is 2. The molecule has 0 atom stereocenters. The molecule has 1 aromatic heterocycles. The molecule has 2 aliphatic rings. The molecule has 1 amide bonds. The molecule has 2 aliphatic carbocycles. The van der Waals surface area contributed by atoms with Crippen molar-refractivity contribution in [3.05, 3.63) is 65.7 Å². The molecule has 2 saturated carbocycles. The molecule has 1 heterocycles. The topological polar surface area (TPSA) is 108 Å². The van der Waals surface area contributed by atoms with Crippen molar-refractivity contribution in [3.8, 4) is 11.3 Å². The first-order chi connectivity index (χ1) is 17.8. The molecule has 7 heteroatoms. The number of hydrogen-bond donors (Lipinski definition) is 2. The van der Waals surface area contributed by atoms with Crippen LogP contribution in [0.2, 0.25) is 0 Å². The maximum absolute atomic E-state index is 13.5. The average Bonchev–Trinajstić information content (AvgIpc) is 3.61. The number of aliphatic carboxylic acids is 1. The van der Waals surface area contributed by atoms with Gasteiger partial charge < -0.3 is 15.1 Å². The predicted octanol–water partition coefficient (Wildman–Crippen LogP) is 5.76. The van der Waals surface area contributed by atoms with Crippen LogP contribution in [0.4, 0.5) is 0 Å². The number of nitrogens with zero attached hydrogens (tertiary/aromatic N) is 2. The molecular weight excluding hydrogens is 468 g/mol. The number of aromatic carboxylic acids is 1. The standard InChI is InChI=1S/C30H32N2O5/c33-27(22-5-1-2-6-22)32(19-30(29(36)37)15-3-4-16-30)18-20-7-13-26-24(17-20)12-14-25(31-26)21-8-10-23(11-9-21)28(34)35/h7-14,17,22H,1-6,15-16,18-19H2,(H,34,35)(H,36,37). The average molecular weight is 501 g/mol. The van der Waals surface area contributed by atoms with Crippen LogP contribution in [0.5, 0.6) is 0 Å². The van der Waals surface area contributed by atoms with Crippen LogP contribution in [0.25, 0.3) is 22.2 Å². The van der Waals surface area contributed by atoms with Gasteiger partial charge in [-0.1, -0.05) is 49.9 Å². The highest BCUT2D eigenvalue weighted by molar-refractivity contribution is 5.88. The Kier molecular flexibility index (Phi) is 6.96. The van der Waals surface area contributed by atoms with Gasteiger partial charge in [0.2, 0.25) is 5.91 Å². The van der Waals surface area contributed by atoms with Gasteiger partial charge in [0.15, 0.2) is 0 Å². The first-order valence-corrected chi connectivity index (χ1v) is 13.1. The van der Waals surface area contributed by atoms with E-state index in [1.165, 1.54) is 0 Å². The number of fused-ring (bicyclic) bond motifs is 1. The molecule has 2 fully saturated rings. The van der Waals surface area contributed by atoms with Gasteiger partial charge >= 0.3 is 11.9 Å². The molecule has 7 nitrogen and oxygen atoms in total. The van der Waals surface area contributed by atoms with Crippen molar-refractivity contribution >= 4 is 28.7 Å². The summed E-state index contributed by atoms with van der Waals surface area (Å²) in [7, 11) is 0. The molecule has 2 N–H and O–H groups in total. The maximum Gasteiger partial charge on any atom is 0.335 e. The van der Waals surface area contributed by atoms with E-state index in [9.17, 15) is 19.5 Å². The Labute approximate surface area is 216 Å². The minimum Gasteiger partial charge on any atom is -0.481 e. The SMILES string of the molecule is O=C(O)c1ccc(-c2ccc3cc(CN(CC4(C(=O)O)CCCC4)C(=O)C4CCCC4)ccc3n2)cc1. The van der Waals surface area contributed by atoms with Crippen LogP contribution in [-0.2, 0) is 16.1 Å². The third kappa shape index (κ3) is 5.22. The van der Waals surface area contributed by atoms with E-state index in [-0.39, 0.29) is 23.9 Å². The van der Waals surface area contributed by atoms with Gasteiger partial charge in [-0.2, -0.15) is 0 Å². The minimum atomic E-state index is -0.965. The van der Waals surface area contributed by atoms with Crippen molar-refractivity contribution in [2.45, 2.75) is 57.9 Å². The molecule has 0 radical (unpaired) electrons. The van der Waals surface area contributed by atoms with Crippen LogP contribution in [0.1, 0.15) is 67.3 Å². The summed E-state index contributed by atoms with van der Waals surface area (Å²) in [5, 5.41) is 20.1. The minimum absolute atomic E-state index is 0.00977. The van der Waals surface area contributed by atoms with E-state index in [2.05, 4.69) is 0 Å². The van der Waals surface area contributed by atoms with E-state index < -0.39 is 17.4 Å². The summed E-state index contributed by atoms with van der Waals surface area (Å²) in [5.74, 6) is -1.68. The molecule has 192 valence electrons. The number of rotatable bonds is 8. The summed E-state index contributed by atoms with van der Waals surface area (Å²) in [4.78, 5) is 43.5. The van der Waals surface area contributed by atoms with Gasteiger partial charge in [-0.15, -0.1) is 0 Å². The largest absolute Gasteiger partial charge is 0.481 e. The summed E-state index contributed by atoms with van der Waals surface area (Å²) in [6.07, 6.45) is 6.89. The lowest BCUT2D eigenvalue weighted by Gasteiger charge is -2.34. The zero-order chi connectivity index (χ0) is 26.0. The first-order valence-electron chi connectivity index (χ1n) is 13.1. The fourth-order valence-electron chi connectivity index (χ4n) is 5.94. The predicted molar refractivity (Wildman–Crippen MR) is 140 cm³/mol. The highest BCUT2D eigenvalue weighted by Gasteiger charge is 2.44. The number of pyridine rings is 1. The molecule has 0 spiro atoms. The zero-order valence-electron chi connectivity index (χ0n) is 20.9. The number of carbonyl (C=O) groups is 3. The second kappa shape index (κ2) is 10.3. The van der Waals surface area contributed by atoms with Crippen molar-refractivity contribution < 1.29 is 24.6 Å². The Morgan fingerprint density at radius 3 is 2.24 bits per heavy atom. The van der Waals surface area contributed by atoms with Crippen LogP contribution in [-0.4, -0.2) is 44.5 Å². The first kappa shape index (κ1) is 24.9. The van der Waals surface area contributed by atoms with E-state index in [4.69, 9.17) is 10.1 Å². The van der Waals surface area contributed by atoms with Crippen molar-refractivity contribution in [1.29, 1.82) is 0 Å². The summed E-state index contributed by atoms with van der Waals surface area (Å²) >= 11 is 0. The van der Waals surface area contributed by atoms with Gasteiger partial charge in [0.05, 0.1) is 22.2 Å². The number of aromatic nitrogens is 1. The van der Waals surface area contributed by atoms with Crippen molar-refractivity contribution in [1.82, 2.24) is 9.88 Å². The van der Waals surface area contributed by atoms with Crippen molar-refractivity contribution in [2.75, 3.05) is 6.54 Å². The quantitative estimate of drug-likeness (QED) is 0.407. The lowest BCUT2D eigenvalue weighted by atomic mass is 9.85. The Hall–Kier alpha value is -3.74. The number of carbonyl (C=O) groups excluding carboxylic acids is 1. The molecule has 0 saturated heterocycles. The smallest absolute Gasteiger partial charge is 0.335 e. The monoisotopic (exact) mass is 500 g/mol. The van der Waals surface area contributed by atoms with E-state index in [1.54, 1.807) is 24.3 Å². The lowest BCUT2D eigenvalue weighted by molar-refractivity contribution is -0.152. The van der Waals surface area contributed by atoms with Gasteiger partial charge in [0, 0.05) is 30.0 Å². The molecule has 5 rings (SSSR count). The number of carboxylic acid groups (broad SMARTS) is 2. The van der Waals surface area contributed by atoms with Crippen LogP contribution in [0.15, 0.2) is 54.6 Å². The van der Waals surface area contributed by atoms with Crippen molar-refractivity contribution in [2.24, 2.45) is 11.3 Å². The van der Waals surface area contributed by atoms with E-state index >= 15 is 0 Å². The van der Waals surface area contributed by atoms with Gasteiger partial charge in [0.1, 0.15) is 0 Å². The Balaban J connectivity index is 1.40. The highest BCUT2D eigenvalue weighted by atomic mass is 16.4. The third-order valence-electron chi connectivity index (χ3n) is 8.08. The van der Waals surface area contributed by atoms with Gasteiger partial charge in [-0.25, -0.2) is 9.78 Å². The van der Waals surface area contributed by atoms with Crippen molar-refractivity contribution in [3.63, 3.8) is 0 Å². The second-order valence-corrected chi connectivity index (χ2v) is 10.6. The summed E-state index contributed by atoms with van der Waals surface area (Å²) in [5.41, 5.74) is 2.72. The third-order valence-corrected chi connectivity index (χ3v) is 8.08. The molecule has 2 aromatic carbocycles. The number of amides is 1. The normalized spacial score (nSPS) is 17.2. The summed E-state index contributed by atoms with van der Waals surface area (Å²) in [6, 6.07) is 16.4. The highest BCUT2D eigenvalue weighted by Crippen LogP contribution is 2.40. The molecule has 0 aliphatic heterocycles. The van der Waals surface area contributed by atoms with Gasteiger partial charge in [0.25, 0.3) is 0 Å². The molecular formula is C30H32N2O5. The number of benzene rings is 2. The summed E-state index contributed by atoms with van der Waals surface area (Å²) < 4.78 is 0. The van der Waals surface area contributed by atoms with Crippen LogP contribution >= 0.6 is 0 Å². The number of hydrogen-bond acceptors (Lipinski definition) is 4. The molecule has 0 unspecified atom stereocenters. The Morgan fingerprint density at radius 2 is 1.59 bits per heavy atom. The fraction of sp³-hybridized carbons (Fsp3) is 0.400. The maximum atomic E-state index is 13.5. The zero-order valence-corrected chi connectivity index (χ0v) is 20.9. The second-order valence-electron chi connectivity index (χ2n) is 10.6. The lowest BCUT2D eigenvalue weighted by Crippen LogP contribution is -2.45. The van der Waals surface area contributed by atoms with E-state index in [0.29, 0.717) is 19.4 Å².